The van der Waals surface area contributed by atoms with Crippen LogP contribution in [0.2, 0.25) is 10.0 Å². The van der Waals surface area contributed by atoms with Crippen molar-refractivity contribution in [3.05, 3.63) is 88.4 Å². The highest BCUT2D eigenvalue weighted by molar-refractivity contribution is 6.32. The summed E-state index contributed by atoms with van der Waals surface area (Å²) in [4.78, 5) is 24.5. The van der Waals surface area contributed by atoms with Crippen LogP contribution in [0.1, 0.15) is 12.5 Å². The summed E-state index contributed by atoms with van der Waals surface area (Å²) in [5.41, 5.74) is 2.09. The minimum atomic E-state index is -0.733. The van der Waals surface area contributed by atoms with Crippen LogP contribution < -0.4 is 15.4 Å². The fourth-order valence-corrected chi connectivity index (χ4v) is 2.96. The fourth-order valence-electron chi connectivity index (χ4n) is 2.66. The lowest BCUT2D eigenvalue weighted by atomic mass is 10.1. The summed E-state index contributed by atoms with van der Waals surface area (Å²) in [5, 5.41) is 6.67. The lowest BCUT2D eigenvalue weighted by molar-refractivity contribution is -0.122. The molecule has 3 aromatic carbocycles. The zero-order chi connectivity index (χ0) is 21.5. The van der Waals surface area contributed by atoms with Gasteiger partial charge in [0.05, 0.1) is 11.4 Å². The average molecular weight is 443 g/mol. The van der Waals surface area contributed by atoms with Crippen molar-refractivity contribution in [3.63, 3.8) is 0 Å². The van der Waals surface area contributed by atoms with Crippen molar-refractivity contribution in [2.75, 3.05) is 10.6 Å². The van der Waals surface area contributed by atoms with Gasteiger partial charge in [0, 0.05) is 16.4 Å². The highest BCUT2D eigenvalue weighted by atomic mass is 35.5. The van der Waals surface area contributed by atoms with E-state index in [9.17, 15) is 9.59 Å². The molecule has 154 valence electrons. The molecule has 0 aliphatic rings. The minimum Gasteiger partial charge on any atom is -0.479 e. The lowest BCUT2D eigenvalue weighted by Crippen LogP contribution is -2.30. The molecule has 0 radical (unpaired) electrons. The second kappa shape index (κ2) is 10.1. The van der Waals surface area contributed by atoms with Gasteiger partial charge >= 0.3 is 0 Å². The van der Waals surface area contributed by atoms with Crippen LogP contribution >= 0.6 is 23.2 Å². The first-order valence-corrected chi connectivity index (χ1v) is 10.0. The molecule has 2 N–H and O–H groups in total. The zero-order valence-corrected chi connectivity index (χ0v) is 17.7. The molecule has 2 amide bonds. The largest absolute Gasteiger partial charge is 0.479 e. The number of rotatable bonds is 7. The van der Waals surface area contributed by atoms with Gasteiger partial charge in [0.1, 0.15) is 5.75 Å². The Balaban J connectivity index is 1.52. The Hall–Kier alpha value is -3.02. The molecular weight excluding hydrogens is 423 g/mol. The van der Waals surface area contributed by atoms with Crippen LogP contribution in [-0.2, 0) is 16.0 Å². The normalized spacial score (nSPS) is 11.4. The molecule has 0 heterocycles. The molecule has 0 spiro atoms. The van der Waals surface area contributed by atoms with E-state index in [2.05, 4.69) is 10.6 Å². The topological polar surface area (TPSA) is 67.4 Å². The van der Waals surface area contributed by atoms with Crippen molar-refractivity contribution >= 4 is 46.4 Å². The molecule has 0 bridgehead atoms. The quantitative estimate of drug-likeness (QED) is 0.501. The van der Waals surface area contributed by atoms with Crippen molar-refractivity contribution in [2.24, 2.45) is 0 Å². The van der Waals surface area contributed by atoms with E-state index in [1.165, 1.54) is 0 Å². The Morgan fingerprint density at radius 1 is 0.867 bits per heavy atom. The number of halogens is 2. The van der Waals surface area contributed by atoms with Gasteiger partial charge in [-0.3, -0.25) is 9.59 Å². The maximum Gasteiger partial charge on any atom is 0.265 e. The smallest absolute Gasteiger partial charge is 0.265 e. The molecule has 0 aromatic heterocycles. The summed E-state index contributed by atoms with van der Waals surface area (Å²) < 4.78 is 5.61. The summed E-state index contributed by atoms with van der Waals surface area (Å²) in [6.07, 6.45) is -0.490. The summed E-state index contributed by atoms with van der Waals surface area (Å²) in [7, 11) is 0. The Morgan fingerprint density at radius 3 is 2.10 bits per heavy atom. The number of hydrogen-bond donors (Lipinski definition) is 2. The van der Waals surface area contributed by atoms with E-state index in [4.69, 9.17) is 27.9 Å². The standard InChI is InChI=1S/C23H20Cl2N2O3/c1-15(30-21-5-3-2-4-20(21)25)23(29)27-19-12-10-18(11-13-19)26-22(28)14-16-6-8-17(24)9-7-16/h2-13,15H,14H2,1H3,(H,26,28)(H,27,29). The van der Waals surface area contributed by atoms with E-state index in [0.29, 0.717) is 27.2 Å². The van der Waals surface area contributed by atoms with E-state index >= 15 is 0 Å². The molecular formula is C23H20Cl2N2O3. The summed E-state index contributed by atoms with van der Waals surface area (Å²) >= 11 is 11.9. The molecule has 5 nitrogen and oxygen atoms in total. The van der Waals surface area contributed by atoms with Gasteiger partial charge in [-0.15, -0.1) is 0 Å². The second-order valence-corrected chi connectivity index (χ2v) is 7.45. The highest BCUT2D eigenvalue weighted by Crippen LogP contribution is 2.24. The van der Waals surface area contributed by atoms with Gasteiger partial charge in [-0.25, -0.2) is 0 Å². The number of benzene rings is 3. The predicted molar refractivity (Wildman–Crippen MR) is 120 cm³/mol. The van der Waals surface area contributed by atoms with Gasteiger partial charge in [-0.2, -0.15) is 0 Å². The maximum atomic E-state index is 12.4. The number of para-hydroxylation sites is 1. The molecule has 7 heteroatoms. The first-order chi connectivity index (χ1) is 14.4. The molecule has 0 aliphatic carbocycles. The van der Waals surface area contributed by atoms with Crippen molar-refractivity contribution in [2.45, 2.75) is 19.4 Å². The Bertz CT molecular complexity index is 1020. The van der Waals surface area contributed by atoms with E-state index in [0.717, 1.165) is 5.56 Å². The molecule has 0 saturated heterocycles. The van der Waals surface area contributed by atoms with Gasteiger partial charge in [0.25, 0.3) is 5.91 Å². The van der Waals surface area contributed by atoms with E-state index < -0.39 is 6.10 Å². The zero-order valence-electron chi connectivity index (χ0n) is 16.2. The van der Waals surface area contributed by atoms with E-state index in [1.807, 2.05) is 12.1 Å². The van der Waals surface area contributed by atoms with Crippen LogP contribution in [0.4, 0.5) is 11.4 Å². The maximum absolute atomic E-state index is 12.4. The first kappa shape index (κ1) is 21.7. The monoisotopic (exact) mass is 442 g/mol. The molecule has 1 atom stereocenters. The van der Waals surface area contributed by atoms with E-state index in [-0.39, 0.29) is 18.2 Å². The summed E-state index contributed by atoms with van der Waals surface area (Å²) in [5.74, 6) is -0.00845. The molecule has 1 unspecified atom stereocenters. The van der Waals surface area contributed by atoms with Crippen molar-refractivity contribution in [3.8, 4) is 5.75 Å². The molecule has 0 aliphatic heterocycles. The Morgan fingerprint density at radius 2 is 1.47 bits per heavy atom. The van der Waals surface area contributed by atoms with Crippen LogP contribution in [0.25, 0.3) is 0 Å². The molecule has 30 heavy (non-hydrogen) atoms. The number of nitrogens with one attached hydrogen (secondary N) is 2. The number of amides is 2. The third-order valence-electron chi connectivity index (χ3n) is 4.22. The molecule has 0 saturated carbocycles. The molecule has 0 fully saturated rings. The van der Waals surface area contributed by atoms with Gasteiger partial charge in [-0.1, -0.05) is 47.5 Å². The van der Waals surface area contributed by atoms with Gasteiger partial charge < -0.3 is 15.4 Å². The lowest BCUT2D eigenvalue weighted by Gasteiger charge is -2.15. The number of carbonyl (C=O) groups excluding carboxylic acids is 2. The number of ether oxygens (including phenoxy) is 1. The Kier molecular flexibility index (Phi) is 7.33. The number of carbonyl (C=O) groups is 2. The van der Waals surface area contributed by atoms with Crippen molar-refractivity contribution < 1.29 is 14.3 Å². The van der Waals surface area contributed by atoms with Crippen LogP contribution in [0.3, 0.4) is 0 Å². The van der Waals surface area contributed by atoms with Gasteiger partial charge in [0.15, 0.2) is 6.10 Å². The number of anilines is 2. The van der Waals surface area contributed by atoms with Crippen LogP contribution in [-0.4, -0.2) is 17.9 Å². The summed E-state index contributed by atoms with van der Waals surface area (Å²) in [6, 6.07) is 20.9. The average Bonchev–Trinajstić information content (AvgIpc) is 2.73. The summed E-state index contributed by atoms with van der Waals surface area (Å²) in [6.45, 7) is 1.64. The van der Waals surface area contributed by atoms with E-state index in [1.54, 1.807) is 67.6 Å². The molecule has 3 rings (SSSR count). The highest BCUT2D eigenvalue weighted by Gasteiger charge is 2.16. The first-order valence-electron chi connectivity index (χ1n) is 9.27. The van der Waals surface area contributed by atoms with Crippen LogP contribution in [0.5, 0.6) is 5.75 Å². The fraction of sp³-hybridized carbons (Fsp3) is 0.130. The number of hydrogen-bond acceptors (Lipinski definition) is 3. The van der Waals surface area contributed by atoms with Crippen LogP contribution in [0, 0.1) is 0 Å². The molecule has 3 aromatic rings. The van der Waals surface area contributed by atoms with Crippen LogP contribution in [0.15, 0.2) is 72.8 Å². The van der Waals surface area contributed by atoms with Gasteiger partial charge in [-0.05, 0) is 61.0 Å². The second-order valence-electron chi connectivity index (χ2n) is 6.61. The predicted octanol–water partition coefficient (Wildman–Crippen LogP) is 5.58. The SMILES string of the molecule is CC(Oc1ccccc1Cl)C(=O)Nc1ccc(NC(=O)Cc2ccc(Cl)cc2)cc1. The van der Waals surface area contributed by atoms with Gasteiger partial charge in [0.2, 0.25) is 5.91 Å². The van der Waals surface area contributed by atoms with Crippen molar-refractivity contribution in [1.82, 2.24) is 0 Å². The third kappa shape index (κ3) is 6.24. The van der Waals surface area contributed by atoms with Crippen molar-refractivity contribution in [1.29, 1.82) is 0 Å². The third-order valence-corrected chi connectivity index (χ3v) is 4.79. The Labute approximate surface area is 185 Å². The minimum absolute atomic E-state index is 0.143.